The Morgan fingerprint density at radius 3 is 1.80 bits per heavy atom. The maximum absolute atomic E-state index is 10.5. The number of aliphatic hydroxyl groups is 1. The fraction of sp³-hybridized carbons (Fsp3) is 0.571. The van der Waals surface area contributed by atoms with Gasteiger partial charge in [-0.1, -0.05) is 0 Å². The molecule has 0 aliphatic rings. The van der Waals surface area contributed by atoms with E-state index in [2.05, 4.69) is 0 Å². The van der Waals surface area contributed by atoms with Crippen molar-refractivity contribution in [3.8, 4) is 0 Å². The maximum Gasteiger partial charge on any atom is 0.333 e. The molecule has 8 nitrogen and oxygen atoms in total. The summed E-state index contributed by atoms with van der Waals surface area (Å²) in [6.45, 7) is -1.07. The van der Waals surface area contributed by atoms with Crippen molar-refractivity contribution < 1.29 is 24.6 Å². The zero-order valence-corrected chi connectivity index (χ0v) is 7.92. The Bertz CT molecular complexity index is 251. The number of hydrogen-bond acceptors (Lipinski definition) is 5. The summed E-state index contributed by atoms with van der Waals surface area (Å²) in [4.78, 5) is 32.4. The van der Waals surface area contributed by atoms with Gasteiger partial charge in [0.1, 0.15) is 0 Å². The number of rotatable bonds is 7. The number of primary amides is 2. The highest BCUT2D eigenvalue weighted by molar-refractivity contribution is 5.79. The van der Waals surface area contributed by atoms with Crippen LogP contribution in [0.4, 0.5) is 0 Å². The first-order chi connectivity index (χ1) is 6.82. The van der Waals surface area contributed by atoms with Crippen molar-refractivity contribution in [3.05, 3.63) is 0 Å². The van der Waals surface area contributed by atoms with Crippen LogP contribution in [-0.2, 0) is 14.4 Å². The van der Waals surface area contributed by atoms with Crippen molar-refractivity contribution in [1.29, 1.82) is 0 Å². The van der Waals surface area contributed by atoms with E-state index in [9.17, 15) is 14.4 Å². The Morgan fingerprint density at radius 2 is 1.53 bits per heavy atom. The van der Waals surface area contributed by atoms with Crippen LogP contribution >= 0.6 is 0 Å². The third-order valence-electron chi connectivity index (χ3n) is 1.48. The molecule has 8 heteroatoms. The van der Waals surface area contributed by atoms with Gasteiger partial charge in [-0.25, -0.2) is 4.79 Å². The lowest BCUT2D eigenvalue weighted by atomic mass is 10.3. The van der Waals surface area contributed by atoms with Crippen LogP contribution in [0.15, 0.2) is 0 Å². The highest BCUT2D eigenvalue weighted by Crippen LogP contribution is 1.92. The SMILES string of the molecule is NC(=O)CN(CC(N)=O)CC(O)C(=O)O. The molecule has 0 aromatic heterocycles. The molecule has 1 unspecified atom stereocenters. The van der Waals surface area contributed by atoms with Crippen LogP contribution in [-0.4, -0.2) is 58.6 Å². The second-order valence-electron chi connectivity index (χ2n) is 2.96. The highest BCUT2D eigenvalue weighted by atomic mass is 16.4. The topological polar surface area (TPSA) is 147 Å². The second-order valence-corrected chi connectivity index (χ2v) is 2.96. The number of nitrogens with two attached hydrogens (primary N) is 2. The number of carboxylic acid groups (broad SMARTS) is 1. The van der Waals surface area contributed by atoms with Crippen LogP contribution in [0, 0.1) is 0 Å². The van der Waals surface area contributed by atoms with Gasteiger partial charge in [-0.3, -0.25) is 14.5 Å². The zero-order valence-electron chi connectivity index (χ0n) is 7.92. The number of hydrogen-bond donors (Lipinski definition) is 4. The fourth-order valence-corrected chi connectivity index (χ4v) is 0.948. The van der Waals surface area contributed by atoms with Gasteiger partial charge in [0.05, 0.1) is 13.1 Å². The number of aliphatic hydroxyl groups excluding tert-OH is 1. The molecule has 6 N–H and O–H groups in total. The van der Waals surface area contributed by atoms with Gasteiger partial charge in [0, 0.05) is 6.54 Å². The molecule has 15 heavy (non-hydrogen) atoms. The lowest BCUT2D eigenvalue weighted by Crippen LogP contribution is -2.45. The lowest BCUT2D eigenvalue weighted by molar-refractivity contribution is -0.148. The average molecular weight is 219 g/mol. The van der Waals surface area contributed by atoms with Gasteiger partial charge in [-0.05, 0) is 0 Å². The minimum Gasteiger partial charge on any atom is -0.479 e. The van der Waals surface area contributed by atoms with Crippen LogP contribution in [0.2, 0.25) is 0 Å². The molecule has 0 bridgehead atoms. The molecule has 0 radical (unpaired) electrons. The normalized spacial score (nSPS) is 12.4. The average Bonchev–Trinajstić information content (AvgIpc) is 2.00. The fourth-order valence-electron chi connectivity index (χ4n) is 0.948. The summed E-state index contributed by atoms with van der Waals surface area (Å²) in [5.74, 6) is -2.93. The van der Waals surface area contributed by atoms with E-state index in [1.54, 1.807) is 0 Å². The largest absolute Gasteiger partial charge is 0.479 e. The molecule has 0 rings (SSSR count). The number of carboxylic acids is 1. The molecule has 0 saturated carbocycles. The molecule has 0 aromatic rings. The standard InChI is InChI=1S/C7H13N3O5/c8-5(12)2-10(3-6(9)13)1-4(11)7(14)15/h4,11H,1-3H2,(H2,8,12)(H2,9,13)(H,14,15). The summed E-state index contributed by atoms with van der Waals surface area (Å²) in [7, 11) is 0. The summed E-state index contributed by atoms with van der Waals surface area (Å²) in [6.07, 6.45) is -1.69. The van der Waals surface area contributed by atoms with Crippen molar-refractivity contribution in [3.63, 3.8) is 0 Å². The van der Waals surface area contributed by atoms with E-state index < -0.39 is 23.9 Å². The van der Waals surface area contributed by atoms with Gasteiger partial charge < -0.3 is 21.7 Å². The molecule has 1 atom stereocenters. The Morgan fingerprint density at radius 1 is 1.13 bits per heavy atom. The monoisotopic (exact) mass is 219 g/mol. The molecule has 0 aliphatic heterocycles. The van der Waals surface area contributed by atoms with Gasteiger partial charge >= 0.3 is 5.97 Å². The Hall–Kier alpha value is -1.67. The van der Waals surface area contributed by atoms with Crippen LogP contribution < -0.4 is 11.5 Å². The predicted molar refractivity (Wildman–Crippen MR) is 48.5 cm³/mol. The number of carbonyl (C=O) groups excluding carboxylic acids is 2. The summed E-state index contributed by atoms with van der Waals surface area (Å²) < 4.78 is 0. The van der Waals surface area contributed by atoms with Gasteiger partial charge in [0.15, 0.2) is 6.10 Å². The molecule has 0 aromatic carbocycles. The van der Waals surface area contributed by atoms with Crippen molar-refractivity contribution in [2.75, 3.05) is 19.6 Å². The summed E-state index contributed by atoms with van der Waals surface area (Å²) in [6, 6.07) is 0. The molecule has 0 aliphatic carbocycles. The summed E-state index contributed by atoms with van der Waals surface area (Å²) >= 11 is 0. The van der Waals surface area contributed by atoms with E-state index >= 15 is 0 Å². The second kappa shape index (κ2) is 5.94. The zero-order chi connectivity index (χ0) is 12.0. The minimum atomic E-state index is -1.69. The van der Waals surface area contributed by atoms with Crippen molar-refractivity contribution in [2.24, 2.45) is 11.5 Å². The molecule has 2 amide bonds. The molecule has 0 spiro atoms. The quantitative estimate of drug-likeness (QED) is 0.352. The van der Waals surface area contributed by atoms with Gasteiger partial charge in [0.2, 0.25) is 11.8 Å². The molecule has 0 fully saturated rings. The number of carbonyl (C=O) groups is 3. The lowest BCUT2D eigenvalue weighted by Gasteiger charge is -2.20. The number of nitrogens with zero attached hydrogens (tertiary/aromatic N) is 1. The molecular weight excluding hydrogens is 206 g/mol. The van der Waals surface area contributed by atoms with Crippen LogP contribution in [0.1, 0.15) is 0 Å². The van der Waals surface area contributed by atoms with E-state index in [1.807, 2.05) is 0 Å². The van der Waals surface area contributed by atoms with E-state index in [0.29, 0.717) is 0 Å². The van der Waals surface area contributed by atoms with Crippen molar-refractivity contribution in [2.45, 2.75) is 6.10 Å². The first-order valence-electron chi connectivity index (χ1n) is 4.02. The van der Waals surface area contributed by atoms with Crippen LogP contribution in [0.5, 0.6) is 0 Å². The Balaban J connectivity index is 4.29. The Labute approximate surface area is 85.4 Å². The number of amides is 2. The minimum absolute atomic E-state index is 0.340. The molecule has 86 valence electrons. The van der Waals surface area contributed by atoms with Crippen LogP contribution in [0.3, 0.4) is 0 Å². The van der Waals surface area contributed by atoms with Crippen molar-refractivity contribution in [1.82, 2.24) is 4.90 Å². The Kier molecular flexibility index (Phi) is 5.27. The third-order valence-corrected chi connectivity index (χ3v) is 1.48. The molecular formula is C7H13N3O5. The third kappa shape index (κ3) is 6.41. The van der Waals surface area contributed by atoms with E-state index in [4.69, 9.17) is 21.7 Å². The van der Waals surface area contributed by atoms with Gasteiger partial charge in [-0.2, -0.15) is 0 Å². The van der Waals surface area contributed by atoms with Gasteiger partial charge in [0.25, 0.3) is 0 Å². The predicted octanol–water partition coefficient (Wildman–Crippen LogP) is -3.30. The van der Waals surface area contributed by atoms with E-state index in [-0.39, 0.29) is 19.6 Å². The first kappa shape index (κ1) is 13.3. The van der Waals surface area contributed by atoms with Gasteiger partial charge in [-0.15, -0.1) is 0 Å². The molecule has 0 heterocycles. The highest BCUT2D eigenvalue weighted by Gasteiger charge is 2.20. The van der Waals surface area contributed by atoms with Crippen LogP contribution in [0.25, 0.3) is 0 Å². The number of aliphatic carboxylic acids is 1. The van der Waals surface area contributed by atoms with Crippen molar-refractivity contribution >= 4 is 17.8 Å². The summed E-state index contributed by atoms with van der Waals surface area (Å²) in [5.41, 5.74) is 9.72. The van der Waals surface area contributed by atoms with E-state index in [1.165, 1.54) is 0 Å². The first-order valence-corrected chi connectivity index (χ1v) is 4.02. The van der Waals surface area contributed by atoms with E-state index in [0.717, 1.165) is 4.90 Å². The molecule has 0 saturated heterocycles. The smallest absolute Gasteiger partial charge is 0.333 e. The maximum atomic E-state index is 10.5. The summed E-state index contributed by atoms with van der Waals surface area (Å²) in [5, 5.41) is 17.4.